The largest absolute Gasteiger partial charge is 0.624 e. The number of rotatable bonds is 4. The van der Waals surface area contributed by atoms with Gasteiger partial charge in [0.05, 0.1) is 0 Å². The molecule has 15 heavy (non-hydrogen) atoms. The van der Waals surface area contributed by atoms with Gasteiger partial charge in [-0.1, -0.05) is 6.92 Å². The lowest BCUT2D eigenvalue weighted by molar-refractivity contribution is -0.452. The van der Waals surface area contributed by atoms with Gasteiger partial charge in [0.25, 0.3) is 10.1 Å². The number of hydrogen-bond acceptors (Lipinski definition) is 4. The summed E-state index contributed by atoms with van der Waals surface area (Å²) in [6, 6.07) is 1.08. The first kappa shape index (κ1) is 11.7. The molecule has 0 saturated heterocycles. The Bertz CT molecular complexity index is 459. The van der Waals surface area contributed by atoms with E-state index in [0.29, 0.717) is 17.7 Å². The fraction of sp³-hybridized carbons (Fsp3) is 0.375. The maximum Gasteiger partial charge on any atom is 0.297 e. The average molecular weight is 233 g/mol. The Labute approximate surface area is 87.2 Å². The summed E-state index contributed by atoms with van der Waals surface area (Å²) >= 11 is 0. The maximum atomic E-state index is 11.1. The molecule has 0 aliphatic heterocycles. The topological polar surface area (TPSA) is 93.6 Å². The minimum absolute atomic E-state index is 0.0890. The average Bonchev–Trinajstić information content (AvgIpc) is 2.52. The van der Waals surface area contributed by atoms with Gasteiger partial charge in [0.2, 0.25) is 6.21 Å². The molecule has 0 unspecified atom stereocenters. The van der Waals surface area contributed by atoms with Crippen LogP contribution in [0.1, 0.15) is 19.1 Å². The summed E-state index contributed by atoms with van der Waals surface area (Å²) in [5, 5.41) is 11.1. The zero-order valence-electron chi connectivity index (χ0n) is 8.08. The third-order valence-electron chi connectivity index (χ3n) is 1.61. The quantitative estimate of drug-likeness (QED) is 0.274. The molecule has 7 heteroatoms. The van der Waals surface area contributed by atoms with Crippen molar-refractivity contribution >= 4 is 16.3 Å². The standard InChI is InChI=1S/C8H11NO5S/c1-2-3-9(10)5-7-4-8(6-14-7)15(11,12)13/h4-6H,2-3H2,1H3,(H,11,12,13). The van der Waals surface area contributed by atoms with E-state index in [1.54, 1.807) is 0 Å². The summed E-state index contributed by atoms with van der Waals surface area (Å²) in [7, 11) is -4.26. The van der Waals surface area contributed by atoms with Crippen molar-refractivity contribution in [3.05, 3.63) is 23.3 Å². The van der Waals surface area contributed by atoms with E-state index in [9.17, 15) is 13.6 Å². The monoisotopic (exact) mass is 233 g/mol. The van der Waals surface area contributed by atoms with E-state index in [1.165, 1.54) is 0 Å². The summed E-state index contributed by atoms with van der Waals surface area (Å²) in [5.41, 5.74) is 0. The van der Waals surface area contributed by atoms with Crippen molar-refractivity contribution in [3.8, 4) is 0 Å². The zero-order chi connectivity index (χ0) is 11.5. The molecule has 0 radical (unpaired) electrons. The summed E-state index contributed by atoms with van der Waals surface area (Å²) in [5.74, 6) is 0.0890. The molecule has 0 amide bonds. The Balaban J connectivity index is 2.91. The first-order valence-corrected chi connectivity index (χ1v) is 5.72. The summed E-state index contributed by atoms with van der Waals surface area (Å²) in [4.78, 5) is -0.362. The van der Waals surface area contributed by atoms with E-state index < -0.39 is 10.1 Å². The van der Waals surface area contributed by atoms with E-state index >= 15 is 0 Å². The van der Waals surface area contributed by atoms with E-state index in [4.69, 9.17) is 8.97 Å². The fourth-order valence-corrected chi connectivity index (χ4v) is 1.40. The minimum atomic E-state index is -4.26. The van der Waals surface area contributed by atoms with Crippen molar-refractivity contribution in [3.63, 3.8) is 0 Å². The van der Waals surface area contributed by atoms with Crippen LogP contribution in [0.15, 0.2) is 21.6 Å². The minimum Gasteiger partial charge on any atom is -0.624 e. The fourth-order valence-electron chi connectivity index (χ4n) is 0.964. The lowest BCUT2D eigenvalue weighted by Gasteiger charge is -1.98. The summed E-state index contributed by atoms with van der Waals surface area (Å²) in [6.45, 7) is 2.13. The molecule has 1 aromatic heterocycles. The van der Waals surface area contributed by atoms with Crippen LogP contribution >= 0.6 is 0 Å². The molecule has 0 bridgehead atoms. The molecule has 0 aliphatic carbocycles. The lowest BCUT2D eigenvalue weighted by atomic mass is 10.4. The van der Waals surface area contributed by atoms with Gasteiger partial charge in [-0.25, -0.2) is 4.74 Å². The van der Waals surface area contributed by atoms with Crippen molar-refractivity contribution in [1.82, 2.24) is 0 Å². The van der Waals surface area contributed by atoms with Crippen molar-refractivity contribution in [2.75, 3.05) is 6.54 Å². The second-order valence-electron chi connectivity index (χ2n) is 2.93. The van der Waals surface area contributed by atoms with E-state index in [0.717, 1.165) is 18.5 Å². The highest BCUT2D eigenvalue weighted by atomic mass is 32.2. The predicted molar refractivity (Wildman–Crippen MR) is 52.5 cm³/mol. The first-order valence-electron chi connectivity index (χ1n) is 4.28. The van der Waals surface area contributed by atoms with Gasteiger partial charge in [-0.3, -0.25) is 4.55 Å². The Morgan fingerprint density at radius 3 is 2.80 bits per heavy atom. The normalized spacial score (nSPS) is 13.1. The van der Waals surface area contributed by atoms with Gasteiger partial charge >= 0.3 is 0 Å². The van der Waals surface area contributed by atoms with Crippen molar-refractivity contribution in [2.45, 2.75) is 18.2 Å². The summed E-state index contributed by atoms with van der Waals surface area (Å²) in [6.07, 6.45) is 2.67. The third kappa shape index (κ3) is 3.37. The molecular weight excluding hydrogens is 222 g/mol. The Morgan fingerprint density at radius 1 is 1.67 bits per heavy atom. The smallest absolute Gasteiger partial charge is 0.297 e. The van der Waals surface area contributed by atoms with Gasteiger partial charge in [0, 0.05) is 12.5 Å². The molecule has 1 N–H and O–H groups in total. The molecule has 0 saturated carbocycles. The highest BCUT2D eigenvalue weighted by Gasteiger charge is 2.13. The summed E-state index contributed by atoms with van der Waals surface area (Å²) < 4.78 is 35.3. The Kier molecular flexibility index (Phi) is 3.48. The molecule has 1 rings (SSSR count). The molecule has 0 aliphatic rings. The van der Waals surface area contributed by atoms with Gasteiger partial charge < -0.3 is 9.62 Å². The number of nitrogens with zero attached hydrogens (tertiary/aromatic N) is 1. The molecular formula is C8H11NO5S. The predicted octanol–water partition coefficient (Wildman–Crippen LogP) is 0.865. The molecule has 84 valence electrons. The van der Waals surface area contributed by atoms with E-state index in [-0.39, 0.29) is 10.7 Å². The molecule has 1 heterocycles. The van der Waals surface area contributed by atoms with Crippen LogP contribution in [0.5, 0.6) is 0 Å². The Hall–Kier alpha value is -1.34. The second kappa shape index (κ2) is 4.45. The van der Waals surface area contributed by atoms with Gasteiger partial charge in [-0.15, -0.1) is 0 Å². The zero-order valence-corrected chi connectivity index (χ0v) is 8.90. The lowest BCUT2D eigenvalue weighted by Crippen LogP contribution is -2.05. The Morgan fingerprint density at radius 2 is 2.33 bits per heavy atom. The van der Waals surface area contributed by atoms with Gasteiger partial charge in [0.15, 0.2) is 12.3 Å². The SMILES string of the molecule is CCC[N+]([O-])=Cc1cc(S(=O)(=O)O)co1. The highest BCUT2D eigenvalue weighted by molar-refractivity contribution is 7.85. The van der Waals surface area contributed by atoms with E-state index in [1.807, 2.05) is 6.92 Å². The van der Waals surface area contributed by atoms with Gasteiger partial charge in [-0.2, -0.15) is 8.42 Å². The second-order valence-corrected chi connectivity index (χ2v) is 4.35. The van der Waals surface area contributed by atoms with Crippen LogP contribution in [-0.4, -0.2) is 30.5 Å². The van der Waals surface area contributed by atoms with Gasteiger partial charge in [0.1, 0.15) is 11.2 Å². The molecule has 0 spiro atoms. The van der Waals surface area contributed by atoms with Crippen LogP contribution in [0.2, 0.25) is 0 Å². The van der Waals surface area contributed by atoms with Gasteiger partial charge in [-0.05, 0) is 0 Å². The number of furan rings is 1. The van der Waals surface area contributed by atoms with Crippen molar-refractivity contribution in [1.29, 1.82) is 0 Å². The molecule has 0 aromatic carbocycles. The number of hydrogen-bond donors (Lipinski definition) is 1. The van der Waals surface area contributed by atoms with E-state index in [2.05, 4.69) is 0 Å². The van der Waals surface area contributed by atoms with Crippen LogP contribution in [0.3, 0.4) is 0 Å². The highest BCUT2D eigenvalue weighted by Crippen LogP contribution is 2.11. The molecule has 6 nitrogen and oxygen atoms in total. The van der Waals surface area contributed by atoms with Crippen LogP contribution in [0, 0.1) is 5.21 Å². The molecule has 0 fully saturated rings. The van der Waals surface area contributed by atoms with Crippen LogP contribution in [0.4, 0.5) is 0 Å². The molecule has 0 atom stereocenters. The maximum absolute atomic E-state index is 11.1. The third-order valence-corrected chi connectivity index (χ3v) is 2.42. The van der Waals surface area contributed by atoms with Crippen LogP contribution in [0.25, 0.3) is 0 Å². The van der Waals surface area contributed by atoms with Crippen LogP contribution < -0.4 is 0 Å². The molecule has 1 aromatic rings. The van der Waals surface area contributed by atoms with Crippen molar-refractivity contribution < 1.29 is 22.1 Å². The van der Waals surface area contributed by atoms with Crippen molar-refractivity contribution in [2.24, 2.45) is 0 Å². The first-order chi connectivity index (χ1) is 6.93. The number of hydroxylamine groups is 1. The van der Waals surface area contributed by atoms with Crippen LogP contribution in [-0.2, 0) is 10.1 Å².